The fourth-order valence-electron chi connectivity index (χ4n) is 3.11. The van der Waals surface area contributed by atoms with Crippen LogP contribution < -0.4 is 24.4 Å². The molecule has 7 nitrogen and oxygen atoms in total. The second-order valence-corrected chi connectivity index (χ2v) is 8.53. The number of amides is 1. The van der Waals surface area contributed by atoms with Crippen molar-refractivity contribution in [3.8, 4) is 23.0 Å². The van der Waals surface area contributed by atoms with Gasteiger partial charge < -0.3 is 18.9 Å². The van der Waals surface area contributed by atoms with E-state index in [0.717, 1.165) is 9.99 Å². The van der Waals surface area contributed by atoms with Gasteiger partial charge in [0.05, 0.1) is 30.6 Å². The smallest absolute Gasteiger partial charge is 0.271 e. The van der Waals surface area contributed by atoms with E-state index in [-0.39, 0.29) is 12.4 Å². The lowest BCUT2D eigenvalue weighted by Crippen LogP contribution is -2.17. The van der Waals surface area contributed by atoms with Crippen LogP contribution in [0.3, 0.4) is 0 Å². The van der Waals surface area contributed by atoms with Crippen LogP contribution >= 0.6 is 22.6 Å². The Morgan fingerprint density at radius 1 is 1.03 bits per heavy atom. The Bertz CT molecular complexity index is 1200. The molecule has 9 heteroatoms. The lowest BCUT2D eigenvalue weighted by molar-refractivity contribution is 0.0954. The maximum absolute atomic E-state index is 13.4. The summed E-state index contributed by atoms with van der Waals surface area (Å²) >= 11 is 2.13. The van der Waals surface area contributed by atoms with Gasteiger partial charge in [-0.3, -0.25) is 4.79 Å². The number of hydrazone groups is 1. The molecule has 0 radical (unpaired) electrons. The minimum atomic E-state index is -0.390. The first-order valence-electron chi connectivity index (χ1n) is 10.8. The Morgan fingerprint density at radius 3 is 2.54 bits per heavy atom. The minimum Gasteiger partial charge on any atom is -0.493 e. The molecule has 1 amide bonds. The van der Waals surface area contributed by atoms with Crippen LogP contribution in [0.25, 0.3) is 0 Å². The Balaban J connectivity index is 1.67. The fraction of sp³-hybridized carbons (Fsp3) is 0.231. The minimum absolute atomic E-state index is 0.194. The molecule has 184 valence electrons. The van der Waals surface area contributed by atoms with Crippen LogP contribution in [-0.4, -0.2) is 32.9 Å². The lowest BCUT2D eigenvalue weighted by Gasteiger charge is -2.13. The molecule has 0 aliphatic heterocycles. The van der Waals surface area contributed by atoms with Crippen molar-refractivity contribution in [3.63, 3.8) is 0 Å². The number of nitrogens with one attached hydrogen (secondary N) is 1. The van der Waals surface area contributed by atoms with Crippen molar-refractivity contribution >= 4 is 34.7 Å². The predicted molar refractivity (Wildman–Crippen MR) is 140 cm³/mol. The largest absolute Gasteiger partial charge is 0.493 e. The Hall–Kier alpha value is -3.34. The van der Waals surface area contributed by atoms with Crippen molar-refractivity contribution in [1.82, 2.24) is 5.43 Å². The summed E-state index contributed by atoms with van der Waals surface area (Å²) in [6.07, 6.45) is 2.37. The molecule has 3 aromatic carbocycles. The molecule has 0 fully saturated rings. The summed E-state index contributed by atoms with van der Waals surface area (Å²) in [5, 5.41) is 4.06. The first-order chi connectivity index (χ1) is 16.9. The van der Waals surface area contributed by atoms with Gasteiger partial charge in [-0.2, -0.15) is 5.10 Å². The molecule has 0 spiro atoms. The summed E-state index contributed by atoms with van der Waals surface area (Å²) in [7, 11) is 3.05. The zero-order valence-electron chi connectivity index (χ0n) is 19.6. The van der Waals surface area contributed by atoms with Gasteiger partial charge in [-0.15, -0.1) is 0 Å². The third kappa shape index (κ3) is 7.32. The van der Waals surface area contributed by atoms with Crippen LogP contribution in [0.5, 0.6) is 23.0 Å². The monoisotopic (exact) mass is 592 g/mol. The van der Waals surface area contributed by atoms with Crippen molar-refractivity contribution in [1.29, 1.82) is 0 Å². The molecule has 0 aromatic heterocycles. The highest BCUT2D eigenvalue weighted by molar-refractivity contribution is 14.1. The van der Waals surface area contributed by atoms with Gasteiger partial charge in [0.15, 0.2) is 23.0 Å². The van der Waals surface area contributed by atoms with Gasteiger partial charge in [-0.25, -0.2) is 9.82 Å². The summed E-state index contributed by atoms with van der Waals surface area (Å²) in [5.74, 6) is 1.38. The molecule has 1 N–H and O–H groups in total. The van der Waals surface area contributed by atoms with Crippen molar-refractivity contribution < 1.29 is 28.1 Å². The second-order valence-electron chi connectivity index (χ2n) is 7.37. The normalized spacial score (nSPS) is 10.8. The number of methoxy groups -OCH3 is 2. The van der Waals surface area contributed by atoms with Gasteiger partial charge in [-0.1, -0.05) is 19.1 Å². The molecular weight excluding hydrogens is 566 g/mol. The van der Waals surface area contributed by atoms with Crippen LogP contribution in [0.15, 0.2) is 59.7 Å². The van der Waals surface area contributed by atoms with Gasteiger partial charge in [-0.05, 0) is 82.6 Å². The summed E-state index contributed by atoms with van der Waals surface area (Å²) in [6.45, 7) is 2.76. The van der Waals surface area contributed by atoms with Gasteiger partial charge in [0.1, 0.15) is 12.4 Å². The molecule has 0 unspecified atom stereocenters. The number of ether oxygens (including phenoxy) is 4. The van der Waals surface area contributed by atoms with E-state index in [1.165, 1.54) is 32.6 Å². The highest BCUT2D eigenvalue weighted by Crippen LogP contribution is 2.34. The molecule has 0 saturated heterocycles. The van der Waals surface area contributed by atoms with E-state index in [2.05, 4.69) is 33.1 Å². The quantitative estimate of drug-likeness (QED) is 0.179. The van der Waals surface area contributed by atoms with Crippen LogP contribution in [0.4, 0.5) is 4.39 Å². The number of halogens is 2. The highest BCUT2D eigenvalue weighted by Gasteiger charge is 2.13. The summed E-state index contributed by atoms with van der Waals surface area (Å²) in [4.78, 5) is 12.5. The number of hydrogen-bond donors (Lipinski definition) is 1. The Kier molecular flexibility index (Phi) is 9.71. The maximum Gasteiger partial charge on any atom is 0.271 e. The standard InChI is InChI=1S/C26H26FIN2O5/c1-4-10-34-22-9-8-19(14-23(22)32-2)26(31)30-29-15-18-12-21(28)25(24(13-18)33-3)35-16-17-6-5-7-20(27)11-17/h5-9,11-15H,4,10,16H2,1-3H3,(H,30,31)/b29-15+. The average Bonchev–Trinajstić information content (AvgIpc) is 2.86. The number of carbonyl (C=O) groups excluding carboxylic acids is 1. The molecule has 0 saturated carbocycles. The number of hydrogen-bond acceptors (Lipinski definition) is 6. The summed E-state index contributed by atoms with van der Waals surface area (Å²) < 4.78 is 36.5. The molecule has 35 heavy (non-hydrogen) atoms. The van der Waals surface area contributed by atoms with Crippen molar-refractivity contribution in [2.75, 3.05) is 20.8 Å². The first-order valence-corrected chi connectivity index (χ1v) is 11.9. The molecule has 3 aromatic rings. The van der Waals surface area contributed by atoms with E-state index in [9.17, 15) is 9.18 Å². The Labute approximate surface area is 217 Å². The van der Waals surface area contributed by atoms with E-state index in [0.29, 0.717) is 46.3 Å². The lowest BCUT2D eigenvalue weighted by atomic mass is 10.2. The second kappa shape index (κ2) is 12.9. The van der Waals surface area contributed by atoms with E-state index < -0.39 is 5.91 Å². The van der Waals surface area contributed by atoms with Gasteiger partial charge in [0.2, 0.25) is 0 Å². The van der Waals surface area contributed by atoms with Crippen LogP contribution in [0, 0.1) is 9.39 Å². The topological polar surface area (TPSA) is 78.4 Å². The number of carbonyl (C=O) groups is 1. The zero-order chi connectivity index (χ0) is 25.2. The summed E-state index contributed by atoms with van der Waals surface area (Å²) in [5.41, 5.74) is 4.30. The van der Waals surface area contributed by atoms with Gasteiger partial charge in [0.25, 0.3) is 5.91 Å². The molecule has 3 rings (SSSR count). The number of benzene rings is 3. The molecule has 0 heterocycles. The van der Waals surface area contributed by atoms with Crippen LogP contribution in [-0.2, 0) is 6.61 Å². The SMILES string of the molecule is CCCOc1ccc(C(=O)N/N=C/c2cc(I)c(OCc3cccc(F)c3)c(OC)c2)cc1OC. The highest BCUT2D eigenvalue weighted by atomic mass is 127. The fourth-order valence-corrected chi connectivity index (χ4v) is 3.89. The third-order valence-corrected chi connectivity index (χ3v) is 5.59. The van der Waals surface area contributed by atoms with Crippen LogP contribution in [0.2, 0.25) is 0 Å². The first kappa shape index (κ1) is 26.3. The molecule has 0 aliphatic rings. The predicted octanol–water partition coefficient (Wildman–Crippen LogP) is 5.58. The van der Waals surface area contributed by atoms with Crippen molar-refractivity contribution in [2.24, 2.45) is 5.10 Å². The molecule has 0 aliphatic carbocycles. The molecule has 0 bridgehead atoms. The maximum atomic E-state index is 13.4. The van der Waals surface area contributed by atoms with Crippen molar-refractivity contribution in [3.05, 3.63) is 80.7 Å². The number of rotatable bonds is 11. The third-order valence-electron chi connectivity index (χ3n) is 4.79. The Morgan fingerprint density at radius 2 is 1.83 bits per heavy atom. The van der Waals surface area contributed by atoms with Gasteiger partial charge in [0, 0.05) is 5.56 Å². The number of nitrogens with zero attached hydrogens (tertiary/aromatic N) is 1. The van der Waals surface area contributed by atoms with Crippen molar-refractivity contribution in [2.45, 2.75) is 20.0 Å². The van der Waals surface area contributed by atoms with E-state index >= 15 is 0 Å². The zero-order valence-corrected chi connectivity index (χ0v) is 21.8. The van der Waals surface area contributed by atoms with Crippen LogP contribution in [0.1, 0.15) is 34.8 Å². The van der Waals surface area contributed by atoms with E-state index in [1.54, 1.807) is 36.4 Å². The average molecular weight is 592 g/mol. The van der Waals surface area contributed by atoms with Gasteiger partial charge >= 0.3 is 0 Å². The van der Waals surface area contributed by atoms with E-state index in [4.69, 9.17) is 18.9 Å². The molecule has 0 atom stereocenters. The summed E-state index contributed by atoms with van der Waals surface area (Å²) in [6, 6.07) is 14.7. The van der Waals surface area contributed by atoms with E-state index in [1.807, 2.05) is 13.0 Å². The molecular formula is C26H26FIN2O5.